The van der Waals surface area contributed by atoms with Gasteiger partial charge in [0.1, 0.15) is 5.75 Å². The predicted molar refractivity (Wildman–Crippen MR) is 144 cm³/mol. The lowest BCUT2D eigenvalue weighted by atomic mass is 10.1. The van der Waals surface area contributed by atoms with Crippen molar-refractivity contribution in [1.29, 1.82) is 0 Å². The normalized spacial score (nSPS) is 10.3. The number of amides is 2. The molecule has 0 spiro atoms. The number of anilines is 1. The molecule has 3 aromatic carbocycles. The van der Waals surface area contributed by atoms with Crippen LogP contribution in [0.25, 0.3) is 0 Å². The van der Waals surface area contributed by atoms with E-state index < -0.39 is 0 Å². The number of thiocarbonyl (C=S) groups is 1. The van der Waals surface area contributed by atoms with E-state index in [0.717, 1.165) is 31.2 Å². The monoisotopic (exact) mass is 489 g/mol. The summed E-state index contributed by atoms with van der Waals surface area (Å²) in [6.07, 6.45) is 4.35. The van der Waals surface area contributed by atoms with Gasteiger partial charge in [-0.25, -0.2) is 0 Å². The van der Waals surface area contributed by atoms with E-state index >= 15 is 0 Å². The molecule has 0 atom stereocenters. The van der Waals surface area contributed by atoms with Gasteiger partial charge in [-0.2, -0.15) is 0 Å². The summed E-state index contributed by atoms with van der Waals surface area (Å²) < 4.78 is 5.84. The number of ether oxygens (including phenoxy) is 1. The lowest BCUT2D eigenvalue weighted by Crippen LogP contribution is -2.35. The summed E-state index contributed by atoms with van der Waals surface area (Å²) in [6, 6.07) is 23.8. The third-order valence-corrected chi connectivity index (χ3v) is 5.53. The predicted octanol–water partition coefficient (Wildman–Crippen LogP) is 5.70. The van der Waals surface area contributed by atoms with Gasteiger partial charge >= 0.3 is 0 Å². The van der Waals surface area contributed by atoms with Gasteiger partial charge in [-0.05, 0) is 48.5 Å². The zero-order valence-electron chi connectivity index (χ0n) is 19.9. The van der Waals surface area contributed by atoms with Gasteiger partial charge in [0.15, 0.2) is 5.11 Å². The van der Waals surface area contributed by atoms with E-state index in [-0.39, 0.29) is 16.9 Å². The van der Waals surface area contributed by atoms with Crippen molar-refractivity contribution in [3.05, 3.63) is 95.6 Å². The number of carbonyl (C=O) groups excluding carboxylic acids is 2. The summed E-state index contributed by atoms with van der Waals surface area (Å²) in [6.45, 7) is 3.12. The molecule has 3 aromatic rings. The Morgan fingerprint density at radius 3 is 2.26 bits per heavy atom. The van der Waals surface area contributed by atoms with E-state index in [2.05, 4.69) is 22.9 Å². The Morgan fingerprint density at radius 2 is 1.49 bits per heavy atom. The average molecular weight is 490 g/mol. The summed E-state index contributed by atoms with van der Waals surface area (Å²) in [7, 11) is 0. The molecule has 0 saturated heterocycles. The van der Waals surface area contributed by atoms with Crippen LogP contribution < -0.4 is 20.7 Å². The fraction of sp³-hybridized carbons (Fsp3) is 0.250. The quantitative estimate of drug-likeness (QED) is 0.238. The van der Waals surface area contributed by atoms with Crippen molar-refractivity contribution >= 4 is 34.8 Å². The number of unbranched alkanes of at least 4 members (excludes halogenated alkanes) is 3. The summed E-state index contributed by atoms with van der Waals surface area (Å²) in [4.78, 5) is 25.7. The molecule has 0 heterocycles. The van der Waals surface area contributed by atoms with Crippen LogP contribution in [0.3, 0.4) is 0 Å². The van der Waals surface area contributed by atoms with Gasteiger partial charge in [0, 0.05) is 6.54 Å². The number of benzene rings is 3. The largest absolute Gasteiger partial charge is 0.493 e. The van der Waals surface area contributed by atoms with Crippen LogP contribution in [0, 0.1) is 0 Å². The maximum Gasteiger partial charge on any atom is 0.261 e. The zero-order chi connectivity index (χ0) is 24.9. The van der Waals surface area contributed by atoms with Gasteiger partial charge in [-0.1, -0.05) is 80.8 Å². The van der Waals surface area contributed by atoms with Crippen LogP contribution in [0.5, 0.6) is 5.75 Å². The first-order chi connectivity index (χ1) is 17.1. The molecule has 3 N–H and O–H groups in total. The maximum atomic E-state index is 12.9. The highest BCUT2D eigenvalue weighted by Crippen LogP contribution is 2.19. The number of nitrogens with one attached hydrogen (secondary N) is 3. The Kier molecular flexibility index (Phi) is 10.3. The molecule has 0 saturated carbocycles. The van der Waals surface area contributed by atoms with Crippen molar-refractivity contribution in [2.75, 3.05) is 11.9 Å². The fourth-order valence-electron chi connectivity index (χ4n) is 3.48. The Hall–Kier alpha value is -3.71. The average Bonchev–Trinajstić information content (AvgIpc) is 2.88. The molecule has 0 aliphatic carbocycles. The van der Waals surface area contributed by atoms with Gasteiger partial charge in [-0.15, -0.1) is 0 Å². The second-order valence-corrected chi connectivity index (χ2v) is 8.44. The van der Waals surface area contributed by atoms with Crippen LogP contribution in [0.15, 0.2) is 78.9 Å². The highest BCUT2D eigenvalue weighted by atomic mass is 32.1. The van der Waals surface area contributed by atoms with Crippen LogP contribution in [0.1, 0.15) is 58.9 Å². The molecule has 0 bridgehead atoms. The topological polar surface area (TPSA) is 79.5 Å². The molecule has 3 rings (SSSR count). The Morgan fingerprint density at radius 1 is 0.800 bits per heavy atom. The summed E-state index contributed by atoms with van der Waals surface area (Å²) in [5.74, 6) is -0.101. The number of hydrogen-bond acceptors (Lipinski definition) is 4. The van der Waals surface area contributed by atoms with Crippen molar-refractivity contribution in [2.24, 2.45) is 0 Å². The first kappa shape index (κ1) is 25.9. The zero-order valence-corrected chi connectivity index (χ0v) is 20.7. The van der Waals surface area contributed by atoms with Crippen LogP contribution in [-0.4, -0.2) is 23.5 Å². The summed E-state index contributed by atoms with van der Waals surface area (Å²) in [5, 5.41) is 8.67. The van der Waals surface area contributed by atoms with Crippen molar-refractivity contribution in [1.82, 2.24) is 10.6 Å². The van der Waals surface area contributed by atoms with Gasteiger partial charge in [0.2, 0.25) is 0 Å². The van der Waals surface area contributed by atoms with Crippen LogP contribution in [0.4, 0.5) is 5.69 Å². The van der Waals surface area contributed by atoms with E-state index in [1.165, 1.54) is 0 Å². The Bertz CT molecular complexity index is 1140. The van der Waals surface area contributed by atoms with Crippen molar-refractivity contribution in [3.8, 4) is 5.75 Å². The molecule has 182 valence electrons. The SMILES string of the molecule is CCCCCCOc1ccccc1C(=O)NC(=S)Nc1ccccc1C(=O)NCc1ccccc1. The molecular weight excluding hydrogens is 458 g/mol. The Labute approximate surface area is 212 Å². The van der Waals surface area contributed by atoms with E-state index in [1.807, 2.05) is 36.4 Å². The smallest absolute Gasteiger partial charge is 0.261 e. The molecule has 0 fully saturated rings. The van der Waals surface area contributed by atoms with Gasteiger partial charge < -0.3 is 15.4 Å². The molecule has 0 aliphatic rings. The summed E-state index contributed by atoms with van der Waals surface area (Å²) >= 11 is 5.36. The van der Waals surface area contributed by atoms with Crippen molar-refractivity contribution in [2.45, 2.75) is 39.2 Å². The minimum Gasteiger partial charge on any atom is -0.493 e. The molecule has 7 heteroatoms. The van der Waals surface area contributed by atoms with Crippen LogP contribution in [0.2, 0.25) is 0 Å². The number of para-hydroxylation sites is 2. The van der Waals surface area contributed by atoms with Gasteiger partial charge in [0.25, 0.3) is 11.8 Å². The van der Waals surface area contributed by atoms with E-state index in [1.54, 1.807) is 42.5 Å². The van der Waals surface area contributed by atoms with Crippen molar-refractivity contribution in [3.63, 3.8) is 0 Å². The third kappa shape index (κ3) is 8.22. The number of rotatable bonds is 11. The molecule has 35 heavy (non-hydrogen) atoms. The maximum absolute atomic E-state index is 12.9. The highest BCUT2D eigenvalue weighted by molar-refractivity contribution is 7.80. The molecular formula is C28H31N3O3S. The lowest BCUT2D eigenvalue weighted by Gasteiger charge is -2.15. The summed E-state index contributed by atoms with van der Waals surface area (Å²) in [5.41, 5.74) is 2.33. The molecule has 2 amide bonds. The highest BCUT2D eigenvalue weighted by Gasteiger charge is 2.16. The number of carbonyl (C=O) groups is 2. The molecule has 0 aliphatic heterocycles. The third-order valence-electron chi connectivity index (χ3n) is 5.33. The minimum absolute atomic E-state index is 0.0936. The number of hydrogen-bond donors (Lipinski definition) is 3. The molecule has 0 radical (unpaired) electrons. The van der Waals surface area contributed by atoms with Crippen LogP contribution in [-0.2, 0) is 6.54 Å². The van der Waals surface area contributed by atoms with Gasteiger partial charge in [-0.3, -0.25) is 14.9 Å². The Balaban J connectivity index is 1.59. The first-order valence-electron chi connectivity index (χ1n) is 11.8. The van der Waals surface area contributed by atoms with E-state index in [0.29, 0.717) is 35.7 Å². The molecule has 0 aromatic heterocycles. The lowest BCUT2D eigenvalue weighted by molar-refractivity contribution is 0.0949. The van der Waals surface area contributed by atoms with E-state index in [9.17, 15) is 9.59 Å². The van der Waals surface area contributed by atoms with Crippen molar-refractivity contribution < 1.29 is 14.3 Å². The second-order valence-electron chi connectivity index (χ2n) is 8.03. The molecule has 6 nitrogen and oxygen atoms in total. The second kappa shape index (κ2) is 13.9. The standard InChI is InChI=1S/C28H31N3O3S/c1-2-3-4-12-19-34-25-18-11-9-16-23(25)27(33)31-28(35)30-24-17-10-8-15-22(24)26(32)29-20-21-13-6-5-7-14-21/h5-11,13-18H,2-4,12,19-20H2,1H3,(H,29,32)(H2,30,31,33,35). The fourth-order valence-corrected chi connectivity index (χ4v) is 3.68. The first-order valence-corrected chi connectivity index (χ1v) is 12.2. The van der Waals surface area contributed by atoms with E-state index in [4.69, 9.17) is 17.0 Å². The molecule has 0 unspecified atom stereocenters. The van der Waals surface area contributed by atoms with Gasteiger partial charge in [0.05, 0.1) is 23.4 Å². The van der Waals surface area contributed by atoms with Crippen LogP contribution >= 0.6 is 12.2 Å². The minimum atomic E-state index is -0.377.